The summed E-state index contributed by atoms with van der Waals surface area (Å²) in [5, 5.41) is 9.49. The van der Waals surface area contributed by atoms with Crippen LogP contribution in [0.2, 0.25) is 0 Å². The van der Waals surface area contributed by atoms with E-state index in [1.54, 1.807) is 0 Å². The van der Waals surface area contributed by atoms with Crippen molar-refractivity contribution in [2.24, 2.45) is 0 Å². The second-order valence-electron chi connectivity index (χ2n) is 5.77. The van der Waals surface area contributed by atoms with Crippen LogP contribution in [0, 0.1) is 0 Å². The molecule has 0 bridgehead atoms. The van der Waals surface area contributed by atoms with E-state index >= 15 is 0 Å². The molecule has 0 aliphatic carbocycles. The van der Waals surface area contributed by atoms with Gasteiger partial charge in [-0.15, -0.1) is 0 Å². The summed E-state index contributed by atoms with van der Waals surface area (Å²) in [6, 6.07) is 6.78. The van der Waals surface area contributed by atoms with Crippen molar-refractivity contribution in [2.75, 3.05) is 6.54 Å². The highest BCUT2D eigenvalue weighted by Gasteiger charge is 2.28. The van der Waals surface area contributed by atoms with Gasteiger partial charge in [0.2, 0.25) is 0 Å². The van der Waals surface area contributed by atoms with Crippen LogP contribution >= 0.6 is 15.9 Å². The minimum Gasteiger partial charge on any atom is -0.312 e. The van der Waals surface area contributed by atoms with Crippen molar-refractivity contribution in [3.63, 3.8) is 0 Å². The molecular formula is C14H18BrN3. The maximum Gasteiger partial charge on any atom is 0.0934 e. The van der Waals surface area contributed by atoms with Gasteiger partial charge in [-0.2, -0.15) is 5.10 Å². The Morgan fingerprint density at radius 3 is 3.06 bits per heavy atom. The van der Waals surface area contributed by atoms with Crippen molar-refractivity contribution in [1.29, 1.82) is 0 Å². The largest absolute Gasteiger partial charge is 0.312 e. The van der Waals surface area contributed by atoms with Crippen LogP contribution in [0.15, 0.2) is 28.9 Å². The van der Waals surface area contributed by atoms with Gasteiger partial charge in [0.25, 0.3) is 0 Å². The topological polar surface area (TPSA) is 29.9 Å². The highest BCUT2D eigenvalue weighted by atomic mass is 79.9. The second-order valence-corrected chi connectivity index (χ2v) is 6.69. The van der Waals surface area contributed by atoms with Crippen molar-refractivity contribution in [2.45, 2.75) is 38.3 Å². The second kappa shape index (κ2) is 4.35. The average Bonchev–Trinajstić information content (AvgIpc) is 2.70. The molecular weight excluding hydrogens is 290 g/mol. The van der Waals surface area contributed by atoms with Crippen LogP contribution in [-0.2, 0) is 0 Å². The van der Waals surface area contributed by atoms with Crippen molar-refractivity contribution >= 4 is 26.8 Å². The summed E-state index contributed by atoms with van der Waals surface area (Å²) in [6.07, 6.45) is 4.45. The molecule has 1 N–H and O–H groups in total. The van der Waals surface area contributed by atoms with Gasteiger partial charge < -0.3 is 5.32 Å². The number of halogens is 1. The van der Waals surface area contributed by atoms with Crippen LogP contribution in [0.1, 0.15) is 32.7 Å². The maximum absolute atomic E-state index is 4.72. The van der Waals surface area contributed by atoms with E-state index in [4.69, 9.17) is 5.10 Å². The number of nitrogens with zero attached hydrogens (tertiary/aromatic N) is 2. The third-order valence-electron chi connectivity index (χ3n) is 3.69. The van der Waals surface area contributed by atoms with Gasteiger partial charge >= 0.3 is 0 Å². The molecule has 0 spiro atoms. The van der Waals surface area contributed by atoms with Crippen molar-refractivity contribution in [1.82, 2.24) is 15.1 Å². The fourth-order valence-electron chi connectivity index (χ4n) is 2.76. The molecule has 3 nitrogen and oxygen atoms in total. The van der Waals surface area contributed by atoms with Gasteiger partial charge in [-0.25, -0.2) is 0 Å². The van der Waals surface area contributed by atoms with E-state index in [1.165, 1.54) is 5.39 Å². The van der Waals surface area contributed by atoms with Crippen LogP contribution in [0.3, 0.4) is 0 Å². The summed E-state index contributed by atoms with van der Waals surface area (Å²) >= 11 is 3.50. The number of benzene rings is 1. The van der Waals surface area contributed by atoms with Crippen LogP contribution < -0.4 is 5.32 Å². The van der Waals surface area contributed by atoms with Gasteiger partial charge in [-0.05, 0) is 45.4 Å². The van der Waals surface area contributed by atoms with E-state index in [1.807, 2.05) is 0 Å². The lowest BCUT2D eigenvalue weighted by atomic mass is 9.89. The number of hydrogen-bond acceptors (Lipinski definition) is 2. The molecule has 1 aliphatic rings. The van der Waals surface area contributed by atoms with Crippen LogP contribution in [-0.4, -0.2) is 21.9 Å². The summed E-state index contributed by atoms with van der Waals surface area (Å²) in [5.74, 6) is 0. The zero-order valence-electron chi connectivity index (χ0n) is 10.8. The maximum atomic E-state index is 4.72. The summed E-state index contributed by atoms with van der Waals surface area (Å²) < 4.78 is 3.24. The lowest BCUT2D eigenvalue weighted by Gasteiger charge is -2.36. The Morgan fingerprint density at radius 2 is 2.28 bits per heavy atom. The Morgan fingerprint density at radius 1 is 1.44 bits per heavy atom. The number of fused-ring (bicyclic) bond motifs is 1. The third-order valence-corrected chi connectivity index (χ3v) is 4.18. The first-order chi connectivity index (χ1) is 8.53. The van der Waals surface area contributed by atoms with Crippen LogP contribution in [0.5, 0.6) is 0 Å². The van der Waals surface area contributed by atoms with Crippen molar-refractivity contribution < 1.29 is 0 Å². The predicted octanol–water partition coefficient (Wildman–Crippen LogP) is 3.50. The Bertz CT molecular complexity index is 573. The van der Waals surface area contributed by atoms with E-state index < -0.39 is 0 Å². The smallest absolute Gasteiger partial charge is 0.0934 e. The molecule has 18 heavy (non-hydrogen) atoms. The monoisotopic (exact) mass is 307 g/mol. The van der Waals surface area contributed by atoms with E-state index in [0.29, 0.717) is 6.04 Å². The number of piperidine rings is 1. The highest BCUT2D eigenvalue weighted by molar-refractivity contribution is 9.10. The average molecular weight is 308 g/mol. The zero-order chi connectivity index (χ0) is 12.8. The molecule has 1 aromatic heterocycles. The van der Waals surface area contributed by atoms with Gasteiger partial charge in [0, 0.05) is 21.6 Å². The highest BCUT2D eigenvalue weighted by Crippen LogP contribution is 2.29. The molecule has 0 saturated carbocycles. The van der Waals surface area contributed by atoms with E-state index in [2.05, 4.69) is 64.2 Å². The molecule has 0 radical (unpaired) electrons. The lowest BCUT2D eigenvalue weighted by Crippen LogP contribution is -2.46. The van der Waals surface area contributed by atoms with E-state index in [9.17, 15) is 0 Å². The minimum absolute atomic E-state index is 0.210. The standard InChI is InChI=1S/C14H18BrN3/c1-14(2)8-12(5-6-16-14)18-9-10-3-4-11(15)7-13(10)17-18/h3-4,7,9,12,16H,5-6,8H2,1-2H3. The summed E-state index contributed by atoms with van der Waals surface area (Å²) in [5.41, 5.74) is 1.28. The molecule has 3 rings (SSSR count). The van der Waals surface area contributed by atoms with Crippen molar-refractivity contribution in [3.05, 3.63) is 28.9 Å². The molecule has 1 fully saturated rings. The lowest BCUT2D eigenvalue weighted by molar-refractivity contribution is 0.222. The minimum atomic E-state index is 0.210. The van der Waals surface area contributed by atoms with Gasteiger partial charge in [0.05, 0.1) is 11.6 Å². The molecule has 1 aromatic carbocycles. The number of aromatic nitrogens is 2. The summed E-state index contributed by atoms with van der Waals surface area (Å²) in [7, 11) is 0. The molecule has 1 aliphatic heterocycles. The van der Waals surface area contributed by atoms with Gasteiger partial charge in [0.15, 0.2) is 0 Å². The van der Waals surface area contributed by atoms with E-state index in [0.717, 1.165) is 29.4 Å². The first-order valence-electron chi connectivity index (χ1n) is 6.43. The Kier molecular flexibility index (Phi) is 2.94. The molecule has 2 aromatic rings. The van der Waals surface area contributed by atoms with Crippen LogP contribution in [0.4, 0.5) is 0 Å². The van der Waals surface area contributed by atoms with Gasteiger partial charge in [0.1, 0.15) is 0 Å². The number of nitrogens with one attached hydrogen (secondary N) is 1. The molecule has 96 valence electrons. The predicted molar refractivity (Wildman–Crippen MR) is 77.8 cm³/mol. The molecule has 1 saturated heterocycles. The fraction of sp³-hybridized carbons (Fsp3) is 0.500. The molecule has 1 unspecified atom stereocenters. The Hall–Kier alpha value is -0.870. The quantitative estimate of drug-likeness (QED) is 0.874. The number of rotatable bonds is 1. The fourth-order valence-corrected chi connectivity index (χ4v) is 3.11. The van der Waals surface area contributed by atoms with Gasteiger partial charge in [-0.1, -0.05) is 22.0 Å². The first-order valence-corrected chi connectivity index (χ1v) is 7.22. The molecule has 2 heterocycles. The SMILES string of the molecule is CC1(C)CC(n2cc3ccc(Br)cc3n2)CCN1. The molecule has 4 heteroatoms. The van der Waals surface area contributed by atoms with Gasteiger partial charge in [-0.3, -0.25) is 4.68 Å². The third kappa shape index (κ3) is 2.31. The first kappa shape index (κ1) is 12.2. The van der Waals surface area contributed by atoms with Crippen molar-refractivity contribution in [3.8, 4) is 0 Å². The van der Waals surface area contributed by atoms with E-state index in [-0.39, 0.29) is 5.54 Å². The summed E-state index contributed by atoms with van der Waals surface area (Å²) in [4.78, 5) is 0. The van der Waals surface area contributed by atoms with Crippen LogP contribution in [0.25, 0.3) is 10.9 Å². The zero-order valence-corrected chi connectivity index (χ0v) is 12.4. The summed E-state index contributed by atoms with van der Waals surface area (Å²) in [6.45, 7) is 5.59. The Labute approximate surface area is 116 Å². The molecule has 0 amide bonds. The normalized spacial score (nSPS) is 23.4. The molecule has 1 atom stereocenters. The Balaban J connectivity index is 1.94. The number of hydrogen-bond donors (Lipinski definition) is 1.